The maximum atomic E-state index is 12.1. The molecule has 4 heteroatoms. The van der Waals surface area contributed by atoms with E-state index in [0.29, 0.717) is 0 Å². The highest BCUT2D eigenvalue weighted by molar-refractivity contribution is 5.77. The van der Waals surface area contributed by atoms with Crippen molar-refractivity contribution in [2.75, 3.05) is 0 Å². The van der Waals surface area contributed by atoms with Gasteiger partial charge in [-0.25, -0.2) is 0 Å². The molecule has 1 aromatic carbocycles. The number of benzene rings is 1. The van der Waals surface area contributed by atoms with Gasteiger partial charge in [-0.15, -0.1) is 0 Å². The van der Waals surface area contributed by atoms with Crippen molar-refractivity contribution < 1.29 is 18.0 Å². The molecule has 1 rings (SSSR count). The fourth-order valence-corrected chi connectivity index (χ4v) is 0.791. The second-order valence-corrected chi connectivity index (χ2v) is 2.13. The normalized spacial score (nSPS) is 11.2. The average Bonchev–Trinajstić information content (AvgIpc) is 2.03. The number of carbonyl (C=O) groups excluding carboxylic acids is 1. The topological polar surface area (TPSA) is 17.1 Å². The van der Waals surface area contributed by atoms with Gasteiger partial charge in [-0.1, -0.05) is 12.1 Å². The summed E-state index contributed by atoms with van der Waals surface area (Å²) >= 11 is 0. The Bertz CT molecular complexity index is 291. The number of hydrogen-bond donors (Lipinski definition) is 0. The van der Waals surface area contributed by atoms with Crippen molar-refractivity contribution in [1.29, 1.82) is 0 Å². The van der Waals surface area contributed by atoms with Crippen LogP contribution in [0.2, 0.25) is 0 Å². The zero-order chi connectivity index (χ0) is 9.19. The van der Waals surface area contributed by atoms with Crippen molar-refractivity contribution in [3.05, 3.63) is 35.4 Å². The molecule has 0 aliphatic rings. The lowest BCUT2D eigenvalue weighted by Crippen LogP contribution is -2.08. The Morgan fingerprint density at radius 1 is 1.42 bits per heavy atom. The first-order valence-corrected chi connectivity index (χ1v) is 3.08. The van der Waals surface area contributed by atoms with Gasteiger partial charge in [0.25, 0.3) is 0 Å². The number of carbonyl (C=O) groups is 1. The molecule has 0 aromatic heterocycles. The van der Waals surface area contributed by atoms with E-state index < -0.39 is 11.7 Å². The standard InChI is InChI=1S/C8H4F3O/c9-8(10,11)7-4-2-1-3-6(7)5-12/h1,3-5H. The summed E-state index contributed by atoms with van der Waals surface area (Å²) in [6.45, 7) is 0. The van der Waals surface area contributed by atoms with Crippen LogP contribution in [-0.4, -0.2) is 6.29 Å². The molecule has 0 aliphatic heterocycles. The summed E-state index contributed by atoms with van der Waals surface area (Å²) in [7, 11) is 0. The summed E-state index contributed by atoms with van der Waals surface area (Å²) in [6.07, 6.45) is -4.30. The number of aldehydes is 1. The predicted octanol–water partition coefficient (Wildman–Crippen LogP) is 2.32. The van der Waals surface area contributed by atoms with Gasteiger partial charge in [0.15, 0.2) is 6.29 Å². The van der Waals surface area contributed by atoms with Crippen LogP contribution in [-0.2, 0) is 6.18 Å². The lowest BCUT2D eigenvalue weighted by molar-refractivity contribution is -0.137. The van der Waals surface area contributed by atoms with Gasteiger partial charge in [0.05, 0.1) is 5.56 Å². The van der Waals surface area contributed by atoms with Gasteiger partial charge in [0.1, 0.15) is 0 Å². The summed E-state index contributed by atoms with van der Waals surface area (Å²) in [5.74, 6) is 0. The van der Waals surface area contributed by atoms with E-state index in [9.17, 15) is 18.0 Å². The maximum absolute atomic E-state index is 12.1. The van der Waals surface area contributed by atoms with Crippen LogP contribution in [0.1, 0.15) is 15.9 Å². The lowest BCUT2D eigenvalue weighted by Gasteiger charge is -2.07. The molecule has 0 bridgehead atoms. The quantitative estimate of drug-likeness (QED) is 0.595. The Hall–Kier alpha value is -1.32. The molecular weight excluding hydrogens is 169 g/mol. The zero-order valence-corrected chi connectivity index (χ0v) is 5.85. The second-order valence-electron chi connectivity index (χ2n) is 2.13. The molecule has 12 heavy (non-hydrogen) atoms. The highest BCUT2D eigenvalue weighted by Gasteiger charge is 2.32. The predicted molar refractivity (Wildman–Crippen MR) is 35.7 cm³/mol. The van der Waals surface area contributed by atoms with Crippen LogP contribution in [0.15, 0.2) is 18.2 Å². The second kappa shape index (κ2) is 2.97. The number of halogens is 3. The van der Waals surface area contributed by atoms with E-state index in [0.717, 1.165) is 12.1 Å². The monoisotopic (exact) mass is 173 g/mol. The molecule has 0 fully saturated rings. The van der Waals surface area contributed by atoms with E-state index in [4.69, 9.17) is 0 Å². The summed E-state index contributed by atoms with van der Waals surface area (Å²) in [5, 5.41) is 0. The fourth-order valence-electron chi connectivity index (χ4n) is 0.791. The Kier molecular flexibility index (Phi) is 2.17. The third kappa shape index (κ3) is 1.64. The molecule has 0 aliphatic carbocycles. The molecule has 1 aromatic rings. The number of rotatable bonds is 1. The SMILES string of the molecule is O=Cc1cc[c]cc1C(F)(F)F. The smallest absolute Gasteiger partial charge is 0.298 e. The molecule has 0 amide bonds. The maximum Gasteiger partial charge on any atom is 0.417 e. The van der Waals surface area contributed by atoms with Crippen molar-refractivity contribution in [1.82, 2.24) is 0 Å². The van der Waals surface area contributed by atoms with E-state index in [2.05, 4.69) is 6.07 Å². The average molecular weight is 173 g/mol. The molecule has 0 saturated carbocycles. The third-order valence-corrected chi connectivity index (χ3v) is 1.33. The number of hydrogen-bond acceptors (Lipinski definition) is 1. The molecule has 63 valence electrons. The summed E-state index contributed by atoms with van der Waals surface area (Å²) in [4.78, 5) is 10.2. The minimum atomic E-state index is -4.48. The molecular formula is C8H4F3O. The van der Waals surface area contributed by atoms with Crippen molar-refractivity contribution in [2.24, 2.45) is 0 Å². The van der Waals surface area contributed by atoms with Gasteiger partial charge >= 0.3 is 6.18 Å². The van der Waals surface area contributed by atoms with Crippen molar-refractivity contribution >= 4 is 6.29 Å². The molecule has 0 heterocycles. The Balaban J connectivity index is 3.23. The third-order valence-electron chi connectivity index (χ3n) is 1.33. The first kappa shape index (κ1) is 8.77. The molecule has 0 atom stereocenters. The largest absolute Gasteiger partial charge is 0.417 e. The fraction of sp³-hybridized carbons (Fsp3) is 0.125. The van der Waals surface area contributed by atoms with Crippen LogP contribution in [0.25, 0.3) is 0 Å². The van der Waals surface area contributed by atoms with E-state index in [1.165, 1.54) is 6.07 Å². The summed E-state index contributed by atoms with van der Waals surface area (Å²) in [6, 6.07) is 5.36. The van der Waals surface area contributed by atoms with Crippen molar-refractivity contribution in [3.8, 4) is 0 Å². The van der Waals surface area contributed by atoms with Crippen LogP contribution in [0.3, 0.4) is 0 Å². The molecule has 0 unspecified atom stereocenters. The first-order valence-electron chi connectivity index (χ1n) is 3.08. The highest BCUT2D eigenvalue weighted by Crippen LogP contribution is 2.30. The zero-order valence-electron chi connectivity index (χ0n) is 5.85. The van der Waals surface area contributed by atoms with Crippen molar-refractivity contribution in [2.45, 2.75) is 6.18 Å². The minimum Gasteiger partial charge on any atom is -0.298 e. The highest BCUT2D eigenvalue weighted by atomic mass is 19.4. The Labute approximate surface area is 66.8 Å². The molecule has 1 radical (unpaired) electrons. The van der Waals surface area contributed by atoms with Gasteiger partial charge < -0.3 is 0 Å². The van der Waals surface area contributed by atoms with Gasteiger partial charge in [-0.2, -0.15) is 13.2 Å². The minimum absolute atomic E-state index is 0.177. The summed E-state index contributed by atoms with van der Waals surface area (Å²) < 4.78 is 36.2. The molecule has 1 nitrogen and oxygen atoms in total. The number of alkyl halides is 3. The van der Waals surface area contributed by atoms with Gasteiger partial charge in [0, 0.05) is 5.56 Å². The van der Waals surface area contributed by atoms with Crippen LogP contribution in [0, 0.1) is 6.07 Å². The molecule has 0 saturated heterocycles. The van der Waals surface area contributed by atoms with E-state index in [1.54, 1.807) is 0 Å². The van der Waals surface area contributed by atoms with Gasteiger partial charge in [0.2, 0.25) is 0 Å². The van der Waals surface area contributed by atoms with E-state index in [-0.39, 0.29) is 11.8 Å². The van der Waals surface area contributed by atoms with Crippen molar-refractivity contribution in [3.63, 3.8) is 0 Å². The van der Waals surface area contributed by atoms with Gasteiger partial charge in [-0.3, -0.25) is 4.79 Å². The van der Waals surface area contributed by atoms with Crippen LogP contribution < -0.4 is 0 Å². The Morgan fingerprint density at radius 2 is 2.08 bits per heavy atom. The lowest BCUT2D eigenvalue weighted by atomic mass is 10.1. The Morgan fingerprint density at radius 3 is 2.50 bits per heavy atom. The van der Waals surface area contributed by atoms with E-state index in [1.807, 2.05) is 0 Å². The van der Waals surface area contributed by atoms with E-state index >= 15 is 0 Å². The van der Waals surface area contributed by atoms with Gasteiger partial charge in [-0.05, 0) is 12.1 Å². The van der Waals surface area contributed by atoms with Crippen LogP contribution >= 0.6 is 0 Å². The molecule has 0 spiro atoms. The first-order chi connectivity index (χ1) is 5.55. The summed E-state index contributed by atoms with van der Waals surface area (Å²) in [5.41, 5.74) is -1.30. The van der Waals surface area contributed by atoms with Crippen LogP contribution in [0.4, 0.5) is 13.2 Å². The van der Waals surface area contributed by atoms with Crippen LogP contribution in [0.5, 0.6) is 0 Å². The molecule has 0 N–H and O–H groups in total.